The number of primary sulfonamides is 1. The smallest absolute Gasteiger partial charge is 0.254 e. The van der Waals surface area contributed by atoms with Gasteiger partial charge in [0.2, 0.25) is 10.0 Å². The van der Waals surface area contributed by atoms with Crippen molar-refractivity contribution in [2.75, 3.05) is 13.1 Å². The fraction of sp³-hybridized carbons (Fsp3) is 0.562. The highest BCUT2D eigenvalue weighted by molar-refractivity contribution is 7.89. The van der Waals surface area contributed by atoms with E-state index in [0.717, 1.165) is 37.9 Å². The van der Waals surface area contributed by atoms with Gasteiger partial charge in [-0.05, 0) is 62.9 Å². The molecular formula is C16H24ClN3O3S. The Morgan fingerprint density at radius 2 is 1.88 bits per heavy atom. The Bertz CT molecular complexity index is 737. The van der Waals surface area contributed by atoms with Crippen LogP contribution in [0.5, 0.6) is 0 Å². The number of hydrogen-bond acceptors (Lipinski definition) is 4. The molecule has 2 unspecified atom stereocenters. The van der Waals surface area contributed by atoms with Crippen molar-refractivity contribution in [3.63, 3.8) is 0 Å². The fourth-order valence-electron chi connectivity index (χ4n) is 3.71. The normalized spacial score (nSPS) is 23.5. The number of nitrogens with two attached hydrogens (primary N) is 1. The fourth-order valence-corrected chi connectivity index (χ4v) is 4.59. The number of benzene rings is 1. The van der Waals surface area contributed by atoms with E-state index >= 15 is 0 Å². The van der Waals surface area contributed by atoms with Gasteiger partial charge in [0, 0.05) is 24.2 Å². The monoisotopic (exact) mass is 373 g/mol. The van der Waals surface area contributed by atoms with E-state index in [9.17, 15) is 13.2 Å². The van der Waals surface area contributed by atoms with Gasteiger partial charge in [0.05, 0.1) is 4.90 Å². The predicted octanol–water partition coefficient (Wildman–Crippen LogP) is 1.34. The number of halogens is 1. The third kappa shape index (κ3) is 3.44. The third-order valence-corrected chi connectivity index (χ3v) is 6.10. The minimum absolute atomic E-state index is 0. The quantitative estimate of drug-likeness (QED) is 0.818. The number of carbonyl (C=O) groups excluding carboxylic acids is 1. The van der Waals surface area contributed by atoms with E-state index < -0.39 is 10.0 Å². The Hall–Kier alpha value is -1.15. The van der Waals surface area contributed by atoms with Crippen molar-refractivity contribution in [3.8, 4) is 0 Å². The molecule has 2 fully saturated rings. The number of fused-ring (bicyclic) bond motifs is 2. The van der Waals surface area contributed by atoms with Gasteiger partial charge in [-0.3, -0.25) is 4.79 Å². The maximum atomic E-state index is 13.0. The van der Waals surface area contributed by atoms with Crippen LogP contribution in [0.1, 0.15) is 40.7 Å². The van der Waals surface area contributed by atoms with Crippen LogP contribution >= 0.6 is 12.4 Å². The van der Waals surface area contributed by atoms with Crippen LogP contribution in [0.3, 0.4) is 0 Å². The molecule has 1 amide bonds. The summed E-state index contributed by atoms with van der Waals surface area (Å²) in [5.74, 6) is -0.0887. The molecule has 2 atom stereocenters. The zero-order chi connectivity index (χ0) is 16.8. The third-order valence-electron chi connectivity index (χ3n) is 5.06. The van der Waals surface area contributed by atoms with E-state index in [4.69, 9.17) is 5.14 Å². The maximum Gasteiger partial charge on any atom is 0.254 e. The molecule has 3 N–H and O–H groups in total. The van der Waals surface area contributed by atoms with Gasteiger partial charge < -0.3 is 10.2 Å². The molecule has 2 aliphatic heterocycles. The van der Waals surface area contributed by atoms with Gasteiger partial charge in [0.15, 0.2) is 0 Å². The highest BCUT2D eigenvalue weighted by atomic mass is 35.5. The molecule has 0 aliphatic carbocycles. The van der Waals surface area contributed by atoms with Gasteiger partial charge in [-0.1, -0.05) is 0 Å². The molecular weight excluding hydrogens is 350 g/mol. The summed E-state index contributed by atoms with van der Waals surface area (Å²) in [6.45, 7) is 5.23. The lowest BCUT2D eigenvalue weighted by molar-refractivity contribution is 0.0680. The first-order chi connectivity index (χ1) is 10.8. The van der Waals surface area contributed by atoms with Crippen LogP contribution in [-0.2, 0) is 10.0 Å². The second kappa shape index (κ2) is 7.00. The van der Waals surface area contributed by atoms with E-state index in [1.165, 1.54) is 6.07 Å². The number of nitrogens with zero attached hydrogens (tertiary/aromatic N) is 1. The number of rotatable bonds is 2. The molecule has 2 saturated heterocycles. The molecule has 1 aromatic carbocycles. The highest BCUT2D eigenvalue weighted by Gasteiger charge is 2.38. The Labute approximate surface area is 149 Å². The second-order valence-electron chi connectivity index (χ2n) is 6.55. The summed E-state index contributed by atoms with van der Waals surface area (Å²) in [6.07, 6.45) is 2.95. The van der Waals surface area contributed by atoms with E-state index in [2.05, 4.69) is 5.32 Å². The van der Waals surface area contributed by atoms with E-state index in [0.29, 0.717) is 11.1 Å². The maximum absolute atomic E-state index is 13.0. The SMILES string of the molecule is Cc1cc(C(=O)N2C3CCNCC2CC3)cc(S(N)(=O)=O)c1C.Cl. The number of sulfonamides is 1. The van der Waals surface area contributed by atoms with Crippen molar-refractivity contribution in [2.24, 2.45) is 5.14 Å². The van der Waals surface area contributed by atoms with Gasteiger partial charge in [-0.15, -0.1) is 12.4 Å². The van der Waals surface area contributed by atoms with Crippen LogP contribution in [-0.4, -0.2) is 44.4 Å². The van der Waals surface area contributed by atoms with Gasteiger partial charge in [0.25, 0.3) is 5.91 Å². The largest absolute Gasteiger partial charge is 0.331 e. The summed E-state index contributed by atoms with van der Waals surface area (Å²) < 4.78 is 23.6. The van der Waals surface area contributed by atoms with Crippen LogP contribution in [0, 0.1) is 13.8 Å². The molecule has 0 aromatic heterocycles. The molecule has 8 heteroatoms. The molecule has 0 spiro atoms. The van der Waals surface area contributed by atoms with Crippen LogP contribution in [0.15, 0.2) is 17.0 Å². The Balaban J connectivity index is 0.00000208. The molecule has 0 radical (unpaired) electrons. The van der Waals surface area contributed by atoms with Crippen LogP contribution < -0.4 is 10.5 Å². The molecule has 0 saturated carbocycles. The Kier molecular flexibility index (Phi) is 5.59. The molecule has 1 aromatic rings. The van der Waals surface area contributed by atoms with E-state index in [1.807, 2.05) is 4.90 Å². The minimum atomic E-state index is -3.84. The number of carbonyl (C=O) groups is 1. The lowest BCUT2D eigenvalue weighted by Crippen LogP contribution is -2.42. The first-order valence-electron chi connectivity index (χ1n) is 7.96. The molecule has 2 heterocycles. The van der Waals surface area contributed by atoms with Gasteiger partial charge in [-0.2, -0.15) is 0 Å². The molecule has 2 bridgehead atoms. The molecule has 6 nitrogen and oxygen atoms in total. The van der Waals surface area contributed by atoms with Crippen molar-refractivity contribution in [1.29, 1.82) is 0 Å². The number of aryl methyl sites for hydroxylation is 1. The second-order valence-corrected chi connectivity index (χ2v) is 8.08. The summed E-state index contributed by atoms with van der Waals surface area (Å²) in [6, 6.07) is 3.62. The topological polar surface area (TPSA) is 92.5 Å². The van der Waals surface area contributed by atoms with Crippen molar-refractivity contribution < 1.29 is 13.2 Å². The standard InChI is InChI=1S/C16H23N3O3S.ClH/c1-10-7-12(8-15(11(10)2)23(17,21)22)16(20)19-13-3-4-14(19)9-18-6-5-13;/h7-8,13-14,18H,3-6,9H2,1-2H3,(H2,17,21,22);1H. The first kappa shape index (κ1) is 19.2. The Morgan fingerprint density at radius 1 is 1.21 bits per heavy atom. The van der Waals surface area contributed by atoms with Crippen molar-refractivity contribution >= 4 is 28.3 Å². The average Bonchev–Trinajstić information content (AvgIpc) is 2.72. The minimum Gasteiger partial charge on any atom is -0.331 e. The van der Waals surface area contributed by atoms with Gasteiger partial charge >= 0.3 is 0 Å². The van der Waals surface area contributed by atoms with Crippen molar-refractivity contribution in [3.05, 3.63) is 28.8 Å². The zero-order valence-corrected chi connectivity index (χ0v) is 15.5. The molecule has 134 valence electrons. The summed E-state index contributed by atoms with van der Waals surface area (Å²) in [5, 5.41) is 8.66. The summed E-state index contributed by atoms with van der Waals surface area (Å²) >= 11 is 0. The molecule has 2 aliphatic rings. The lowest BCUT2D eigenvalue weighted by atomic mass is 10.0. The van der Waals surface area contributed by atoms with Gasteiger partial charge in [-0.25, -0.2) is 13.6 Å². The number of nitrogens with one attached hydrogen (secondary N) is 1. The van der Waals surface area contributed by atoms with Crippen molar-refractivity contribution in [1.82, 2.24) is 10.2 Å². The van der Waals surface area contributed by atoms with E-state index in [1.54, 1.807) is 19.9 Å². The van der Waals surface area contributed by atoms with E-state index in [-0.39, 0.29) is 35.3 Å². The van der Waals surface area contributed by atoms with Gasteiger partial charge in [0.1, 0.15) is 0 Å². The van der Waals surface area contributed by atoms with Crippen LogP contribution in [0.2, 0.25) is 0 Å². The molecule has 24 heavy (non-hydrogen) atoms. The molecule has 3 rings (SSSR count). The number of hydrogen-bond donors (Lipinski definition) is 2. The summed E-state index contributed by atoms with van der Waals surface area (Å²) in [7, 11) is -3.84. The van der Waals surface area contributed by atoms with Crippen LogP contribution in [0.4, 0.5) is 0 Å². The highest BCUT2D eigenvalue weighted by Crippen LogP contribution is 2.30. The zero-order valence-electron chi connectivity index (χ0n) is 13.9. The summed E-state index contributed by atoms with van der Waals surface area (Å²) in [4.78, 5) is 15.0. The Morgan fingerprint density at radius 3 is 2.54 bits per heavy atom. The van der Waals surface area contributed by atoms with Crippen LogP contribution in [0.25, 0.3) is 0 Å². The number of amides is 1. The summed E-state index contributed by atoms with van der Waals surface area (Å²) in [5.41, 5.74) is 1.78. The predicted molar refractivity (Wildman–Crippen MR) is 95.0 cm³/mol. The first-order valence-corrected chi connectivity index (χ1v) is 9.51. The van der Waals surface area contributed by atoms with Crippen molar-refractivity contribution in [2.45, 2.75) is 50.1 Å². The lowest BCUT2D eigenvalue weighted by Gasteiger charge is -2.28. The average molecular weight is 374 g/mol.